The molecule has 2 aromatic heterocycles. The molecule has 1 aliphatic carbocycles. The first-order valence-corrected chi connectivity index (χ1v) is 14.8. The average molecular weight is 546 g/mol. The first-order valence-electron chi connectivity index (χ1n) is 14.8. The van der Waals surface area contributed by atoms with Gasteiger partial charge >= 0.3 is 0 Å². The number of aromatic nitrogens is 4. The smallest absolute Gasteiger partial charge is 0.222 e. The summed E-state index contributed by atoms with van der Waals surface area (Å²) in [6.07, 6.45) is 13.8. The standard InChI is InChI=1S/C31H43N7O2/c1-30(2)17-21(18-31(3,4)37-30)22-19-34-29(35-20-22)36-23-5-7-25(8-6-23)40-27-16-24(38-11-13-39-14-12-38)15-26-28(27)33-10-9-32-26/h9-10,15-16,19-21,23,25,37H,5-8,11-14,17-18H2,1-4H3,(H,34,35,36)/t23-,25+. The fourth-order valence-electron chi connectivity index (χ4n) is 6.99. The van der Waals surface area contributed by atoms with Crippen LogP contribution in [0.4, 0.5) is 11.6 Å². The highest BCUT2D eigenvalue weighted by atomic mass is 16.5. The molecule has 0 atom stereocenters. The second-order valence-electron chi connectivity index (χ2n) is 13.0. The Morgan fingerprint density at radius 3 is 2.27 bits per heavy atom. The van der Waals surface area contributed by atoms with Crippen molar-refractivity contribution in [1.82, 2.24) is 25.3 Å². The summed E-state index contributed by atoms with van der Waals surface area (Å²) >= 11 is 0. The van der Waals surface area contributed by atoms with E-state index in [1.807, 2.05) is 12.4 Å². The molecule has 0 bridgehead atoms. The van der Waals surface area contributed by atoms with Gasteiger partial charge in [-0.3, -0.25) is 4.98 Å². The summed E-state index contributed by atoms with van der Waals surface area (Å²) in [5.74, 6) is 2.02. The van der Waals surface area contributed by atoms with E-state index in [1.165, 1.54) is 5.56 Å². The van der Waals surface area contributed by atoms with Crippen molar-refractivity contribution in [1.29, 1.82) is 0 Å². The summed E-state index contributed by atoms with van der Waals surface area (Å²) < 4.78 is 12.1. The highest BCUT2D eigenvalue weighted by Gasteiger charge is 2.38. The molecule has 2 aliphatic heterocycles. The number of anilines is 2. The van der Waals surface area contributed by atoms with Crippen LogP contribution in [0, 0.1) is 0 Å². The van der Waals surface area contributed by atoms with Gasteiger partial charge in [0.2, 0.25) is 5.95 Å². The zero-order valence-corrected chi connectivity index (χ0v) is 24.3. The third-order valence-electron chi connectivity index (χ3n) is 8.53. The fraction of sp³-hybridized carbons (Fsp3) is 0.613. The zero-order chi connectivity index (χ0) is 27.7. The molecule has 0 radical (unpaired) electrons. The quantitative estimate of drug-likeness (QED) is 0.439. The van der Waals surface area contributed by atoms with E-state index in [-0.39, 0.29) is 17.2 Å². The van der Waals surface area contributed by atoms with Crippen LogP contribution in [0.15, 0.2) is 36.9 Å². The molecule has 2 N–H and O–H groups in total. The third kappa shape index (κ3) is 6.31. The van der Waals surface area contributed by atoms with Gasteiger partial charge in [-0.05, 0) is 83.8 Å². The second-order valence-corrected chi connectivity index (χ2v) is 13.0. The van der Waals surface area contributed by atoms with Crippen molar-refractivity contribution in [3.05, 3.63) is 42.5 Å². The van der Waals surface area contributed by atoms with Crippen LogP contribution < -0.4 is 20.3 Å². The van der Waals surface area contributed by atoms with Gasteiger partial charge in [-0.1, -0.05) is 0 Å². The number of fused-ring (bicyclic) bond motifs is 1. The van der Waals surface area contributed by atoms with E-state index < -0.39 is 0 Å². The number of nitrogens with zero attached hydrogens (tertiary/aromatic N) is 5. The van der Waals surface area contributed by atoms with Crippen LogP contribution in [0.2, 0.25) is 0 Å². The lowest BCUT2D eigenvalue weighted by atomic mass is 9.74. The van der Waals surface area contributed by atoms with Gasteiger partial charge in [0.15, 0.2) is 0 Å². The van der Waals surface area contributed by atoms with Crippen LogP contribution in [0.5, 0.6) is 5.75 Å². The summed E-state index contributed by atoms with van der Waals surface area (Å²) in [6.45, 7) is 12.4. The van der Waals surface area contributed by atoms with Crippen LogP contribution >= 0.6 is 0 Å². The molecule has 0 amide bonds. The molecule has 3 aromatic rings. The number of piperidine rings is 1. The summed E-state index contributed by atoms with van der Waals surface area (Å²) in [7, 11) is 0. The molecular formula is C31H43N7O2. The van der Waals surface area contributed by atoms with Crippen molar-refractivity contribution >= 4 is 22.7 Å². The topological polar surface area (TPSA) is 97.3 Å². The number of rotatable bonds is 6. The van der Waals surface area contributed by atoms with Crippen molar-refractivity contribution in [2.45, 2.75) is 95.4 Å². The summed E-state index contributed by atoms with van der Waals surface area (Å²) in [4.78, 5) is 20.9. The number of hydrogen-bond acceptors (Lipinski definition) is 9. The molecule has 9 nitrogen and oxygen atoms in total. The van der Waals surface area contributed by atoms with Crippen molar-refractivity contribution in [3.8, 4) is 5.75 Å². The molecule has 4 heterocycles. The van der Waals surface area contributed by atoms with E-state index in [4.69, 9.17) is 19.4 Å². The number of hydrogen-bond donors (Lipinski definition) is 2. The van der Waals surface area contributed by atoms with Crippen LogP contribution in [-0.4, -0.2) is 69.5 Å². The number of benzene rings is 1. The number of morpholine rings is 1. The Labute approximate surface area is 237 Å². The molecule has 2 saturated heterocycles. The van der Waals surface area contributed by atoms with Gasteiger partial charge in [0.1, 0.15) is 11.3 Å². The van der Waals surface area contributed by atoms with E-state index >= 15 is 0 Å². The van der Waals surface area contributed by atoms with E-state index in [0.717, 1.165) is 93.2 Å². The lowest BCUT2D eigenvalue weighted by Crippen LogP contribution is -2.57. The highest BCUT2D eigenvalue weighted by molar-refractivity contribution is 5.85. The number of nitrogens with one attached hydrogen (secondary N) is 2. The minimum Gasteiger partial charge on any atom is -0.488 e. The minimum absolute atomic E-state index is 0.104. The molecule has 214 valence electrons. The number of ether oxygens (including phenoxy) is 2. The first-order chi connectivity index (χ1) is 19.2. The summed E-state index contributed by atoms with van der Waals surface area (Å²) in [5, 5.41) is 7.34. The molecule has 1 saturated carbocycles. The van der Waals surface area contributed by atoms with Crippen molar-refractivity contribution < 1.29 is 9.47 Å². The molecular weight excluding hydrogens is 502 g/mol. The van der Waals surface area contributed by atoms with Crippen LogP contribution in [0.1, 0.15) is 77.7 Å². The maximum atomic E-state index is 6.59. The average Bonchev–Trinajstić information content (AvgIpc) is 2.93. The largest absolute Gasteiger partial charge is 0.488 e. The lowest BCUT2D eigenvalue weighted by Gasteiger charge is -2.46. The van der Waals surface area contributed by atoms with Gasteiger partial charge in [-0.2, -0.15) is 0 Å². The van der Waals surface area contributed by atoms with Crippen LogP contribution in [0.25, 0.3) is 11.0 Å². The predicted molar refractivity (Wildman–Crippen MR) is 158 cm³/mol. The maximum absolute atomic E-state index is 6.59. The molecule has 3 fully saturated rings. The van der Waals surface area contributed by atoms with Gasteiger partial charge < -0.3 is 25.0 Å². The molecule has 0 unspecified atom stereocenters. The summed E-state index contributed by atoms with van der Waals surface area (Å²) in [5.41, 5.74) is 4.26. The van der Waals surface area contributed by atoms with E-state index in [2.05, 4.69) is 65.3 Å². The van der Waals surface area contributed by atoms with E-state index in [1.54, 1.807) is 12.4 Å². The Hall–Kier alpha value is -3.04. The molecule has 9 heteroatoms. The molecule has 6 rings (SSSR count). The van der Waals surface area contributed by atoms with Crippen molar-refractivity contribution in [2.24, 2.45) is 0 Å². The Kier molecular flexibility index (Phi) is 7.52. The lowest BCUT2D eigenvalue weighted by molar-refractivity contribution is 0.122. The Balaban J connectivity index is 1.06. The Morgan fingerprint density at radius 1 is 0.900 bits per heavy atom. The zero-order valence-electron chi connectivity index (χ0n) is 24.3. The molecule has 3 aliphatic rings. The molecule has 0 spiro atoms. The van der Waals surface area contributed by atoms with Crippen LogP contribution in [-0.2, 0) is 4.74 Å². The maximum Gasteiger partial charge on any atom is 0.222 e. The van der Waals surface area contributed by atoms with Gasteiger partial charge in [0.25, 0.3) is 0 Å². The molecule has 1 aromatic carbocycles. The SMILES string of the molecule is CC1(C)CC(c2cnc(N[C@H]3CC[C@@H](Oc4cc(N5CCOCC5)cc5nccnc45)CC3)nc2)CC(C)(C)N1. The highest BCUT2D eigenvalue weighted by Crippen LogP contribution is 2.39. The van der Waals surface area contributed by atoms with Gasteiger partial charge in [0.05, 0.1) is 24.8 Å². The van der Waals surface area contributed by atoms with Crippen molar-refractivity contribution in [3.63, 3.8) is 0 Å². The van der Waals surface area contributed by atoms with Gasteiger partial charge in [-0.15, -0.1) is 0 Å². The van der Waals surface area contributed by atoms with Crippen molar-refractivity contribution in [2.75, 3.05) is 36.5 Å². The monoisotopic (exact) mass is 545 g/mol. The third-order valence-corrected chi connectivity index (χ3v) is 8.53. The normalized spacial score (nSPS) is 25.1. The van der Waals surface area contributed by atoms with Crippen LogP contribution in [0.3, 0.4) is 0 Å². The first kappa shape index (κ1) is 27.1. The van der Waals surface area contributed by atoms with E-state index in [9.17, 15) is 0 Å². The van der Waals surface area contributed by atoms with Gasteiger partial charge in [0, 0.05) is 66.8 Å². The fourth-order valence-corrected chi connectivity index (χ4v) is 6.99. The Bertz CT molecular complexity index is 1280. The Morgan fingerprint density at radius 2 is 1.57 bits per heavy atom. The summed E-state index contributed by atoms with van der Waals surface area (Å²) in [6, 6.07) is 4.59. The van der Waals surface area contributed by atoms with Gasteiger partial charge in [-0.25, -0.2) is 15.0 Å². The second kappa shape index (κ2) is 11.1. The van der Waals surface area contributed by atoms with E-state index in [0.29, 0.717) is 12.0 Å². The minimum atomic E-state index is 0.104. The molecule has 40 heavy (non-hydrogen) atoms. The predicted octanol–water partition coefficient (Wildman–Crippen LogP) is 5.08.